The second-order valence-corrected chi connectivity index (χ2v) is 5.72. The molecule has 0 spiro atoms. The van der Waals surface area contributed by atoms with E-state index in [1.165, 1.54) is 0 Å². The number of benzene rings is 1. The third kappa shape index (κ3) is 4.98. The molecule has 5 nitrogen and oxygen atoms in total. The van der Waals surface area contributed by atoms with Crippen LogP contribution in [-0.4, -0.2) is 30.3 Å². The molecule has 1 aromatic carbocycles. The van der Waals surface area contributed by atoms with E-state index in [1.807, 2.05) is 26.0 Å². The summed E-state index contributed by atoms with van der Waals surface area (Å²) in [5.41, 5.74) is 2.77. The molecule has 1 aromatic rings. The first-order valence-electron chi connectivity index (χ1n) is 7.51. The summed E-state index contributed by atoms with van der Waals surface area (Å²) in [6.45, 7) is 3.65. The van der Waals surface area contributed by atoms with Crippen molar-refractivity contribution in [3.05, 3.63) is 34.9 Å². The molecule has 0 bridgehead atoms. The Labute approximate surface area is 130 Å². The maximum absolute atomic E-state index is 12.0. The smallest absolute Gasteiger partial charge is 0.306 e. The molecule has 5 heteroatoms. The lowest BCUT2D eigenvalue weighted by atomic mass is 10.0. The molecule has 1 fully saturated rings. The maximum Gasteiger partial charge on any atom is 0.306 e. The van der Waals surface area contributed by atoms with Crippen molar-refractivity contribution in [2.45, 2.75) is 45.6 Å². The van der Waals surface area contributed by atoms with Gasteiger partial charge in [-0.05, 0) is 43.9 Å². The zero-order valence-corrected chi connectivity index (χ0v) is 13.0. The fourth-order valence-corrected chi connectivity index (χ4v) is 1.99. The number of esters is 1. The van der Waals surface area contributed by atoms with Gasteiger partial charge in [0.1, 0.15) is 0 Å². The summed E-state index contributed by atoms with van der Waals surface area (Å²) >= 11 is 0. The lowest BCUT2D eigenvalue weighted by Crippen LogP contribution is -2.30. The molecule has 1 amide bonds. The number of nitrogens with one attached hydrogen (secondary N) is 1. The van der Waals surface area contributed by atoms with Crippen molar-refractivity contribution in [2.24, 2.45) is 0 Å². The van der Waals surface area contributed by atoms with Crippen LogP contribution in [0.2, 0.25) is 0 Å². The van der Waals surface area contributed by atoms with Crippen LogP contribution in [0.15, 0.2) is 18.2 Å². The summed E-state index contributed by atoms with van der Waals surface area (Å²) in [4.78, 5) is 34.9. The number of Topliss-reactive ketones (excluding diaryl/α,β-unsaturated/α-hetero) is 1. The topological polar surface area (TPSA) is 72.5 Å². The van der Waals surface area contributed by atoms with E-state index in [-0.39, 0.29) is 37.2 Å². The van der Waals surface area contributed by atoms with E-state index in [1.54, 1.807) is 6.07 Å². The molecule has 0 heterocycles. The second kappa shape index (κ2) is 7.20. The van der Waals surface area contributed by atoms with Crippen molar-refractivity contribution in [1.82, 2.24) is 5.32 Å². The van der Waals surface area contributed by atoms with Crippen molar-refractivity contribution in [2.75, 3.05) is 6.61 Å². The van der Waals surface area contributed by atoms with Gasteiger partial charge in [-0.3, -0.25) is 14.4 Å². The lowest BCUT2D eigenvalue weighted by Gasteiger charge is -2.06. The Morgan fingerprint density at radius 2 is 1.86 bits per heavy atom. The average molecular weight is 303 g/mol. The molecule has 1 saturated carbocycles. The van der Waals surface area contributed by atoms with Crippen molar-refractivity contribution in [1.29, 1.82) is 0 Å². The van der Waals surface area contributed by atoms with Crippen LogP contribution in [0.1, 0.15) is 47.2 Å². The molecular formula is C17H21NO4. The molecule has 0 aliphatic heterocycles. The van der Waals surface area contributed by atoms with Crippen LogP contribution in [0.5, 0.6) is 0 Å². The Morgan fingerprint density at radius 3 is 2.50 bits per heavy atom. The number of hydrogen-bond donors (Lipinski definition) is 1. The molecule has 0 unspecified atom stereocenters. The van der Waals surface area contributed by atoms with Crippen LogP contribution < -0.4 is 5.32 Å². The molecule has 1 N–H and O–H groups in total. The van der Waals surface area contributed by atoms with Crippen molar-refractivity contribution >= 4 is 17.7 Å². The van der Waals surface area contributed by atoms with Crippen LogP contribution in [-0.2, 0) is 14.3 Å². The van der Waals surface area contributed by atoms with E-state index in [0.29, 0.717) is 5.56 Å². The van der Waals surface area contributed by atoms with Gasteiger partial charge in [-0.15, -0.1) is 0 Å². The lowest BCUT2D eigenvalue weighted by molar-refractivity contribution is -0.148. The van der Waals surface area contributed by atoms with Crippen LogP contribution in [0.4, 0.5) is 0 Å². The number of aryl methyl sites for hydroxylation is 2. The minimum absolute atomic E-state index is 0.0114. The summed E-state index contributed by atoms with van der Waals surface area (Å²) in [5.74, 6) is -0.901. The van der Waals surface area contributed by atoms with Gasteiger partial charge in [0, 0.05) is 18.0 Å². The van der Waals surface area contributed by atoms with E-state index in [2.05, 4.69) is 5.32 Å². The van der Waals surface area contributed by atoms with Crippen LogP contribution >= 0.6 is 0 Å². The molecule has 1 aliphatic rings. The first kappa shape index (κ1) is 16.2. The summed E-state index contributed by atoms with van der Waals surface area (Å²) in [7, 11) is 0. The van der Waals surface area contributed by atoms with Crippen LogP contribution in [0.3, 0.4) is 0 Å². The molecule has 118 valence electrons. The summed E-state index contributed by atoms with van der Waals surface area (Å²) < 4.78 is 4.86. The predicted octanol–water partition coefficient (Wildman–Crippen LogP) is 2.09. The summed E-state index contributed by atoms with van der Waals surface area (Å²) in [5, 5.41) is 2.73. The first-order chi connectivity index (χ1) is 10.5. The number of ether oxygens (including phenoxy) is 1. The largest absolute Gasteiger partial charge is 0.456 e. The second-order valence-electron chi connectivity index (χ2n) is 5.72. The van der Waals surface area contributed by atoms with Gasteiger partial charge in [-0.25, -0.2) is 0 Å². The number of amides is 1. The fraction of sp³-hybridized carbons (Fsp3) is 0.471. The van der Waals surface area contributed by atoms with Crippen LogP contribution in [0, 0.1) is 13.8 Å². The minimum atomic E-state index is -0.525. The van der Waals surface area contributed by atoms with E-state index < -0.39 is 5.97 Å². The van der Waals surface area contributed by atoms with E-state index in [4.69, 9.17) is 4.74 Å². The van der Waals surface area contributed by atoms with E-state index in [9.17, 15) is 14.4 Å². The van der Waals surface area contributed by atoms with Crippen molar-refractivity contribution in [3.8, 4) is 0 Å². The molecular weight excluding hydrogens is 282 g/mol. The number of hydrogen-bond acceptors (Lipinski definition) is 4. The molecule has 0 atom stereocenters. The zero-order chi connectivity index (χ0) is 16.1. The number of carbonyl (C=O) groups excluding carboxylic acids is 3. The maximum atomic E-state index is 12.0. The van der Waals surface area contributed by atoms with Gasteiger partial charge in [0.2, 0.25) is 0 Å². The Morgan fingerprint density at radius 1 is 1.14 bits per heavy atom. The summed E-state index contributed by atoms with van der Waals surface area (Å²) in [6, 6.07) is 5.73. The highest BCUT2D eigenvalue weighted by atomic mass is 16.5. The minimum Gasteiger partial charge on any atom is -0.456 e. The Bertz CT molecular complexity index is 590. The Hall–Kier alpha value is -2.17. The molecule has 0 radical (unpaired) electrons. The van der Waals surface area contributed by atoms with Gasteiger partial charge >= 0.3 is 5.97 Å². The van der Waals surface area contributed by atoms with Gasteiger partial charge in [0.15, 0.2) is 12.4 Å². The Balaban J connectivity index is 1.71. The molecule has 0 saturated heterocycles. The van der Waals surface area contributed by atoms with Gasteiger partial charge in [0.25, 0.3) is 5.91 Å². The molecule has 0 aromatic heterocycles. The van der Waals surface area contributed by atoms with Gasteiger partial charge < -0.3 is 10.1 Å². The number of ketones is 1. The third-order valence-corrected chi connectivity index (χ3v) is 3.69. The van der Waals surface area contributed by atoms with Gasteiger partial charge in [-0.1, -0.05) is 12.1 Å². The highest BCUT2D eigenvalue weighted by Gasteiger charge is 2.23. The van der Waals surface area contributed by atoms with E-state index >= 15 is 0 Å². The average Bonchev–Trinajstić information content (AvgIpc) is 3.29. The molecule has 22 heavy (non-hydrogen) atoms. The highest BCUT2D eigenvalue weighted by molar-refractivity contribution is 5.97. The van der Waals surface area contributed by atoms with E-state index in [0.717, 1.165) is 24.0 Å². The van der Waals surface area contributed by atoms with Gasteiger partial charge in [-0.2, -0.15) is 0 Å². The normalized spacial score (nSPS) is 13.5. The monoisotopic (exact) mass is 303 g/mol. The predicted molar refractivity (Wildman–Crippen MR) is 81.6 cm³/mol. The summed E-state index contributed by atoms with van der Waals surface area (Å²) in [6.07, 6.45) is 2.06. The van der Waals surface area contributed by atoms with Crippen molar-refractivity contribution in [3.63, 3.8) is 0 Å². The third-order valence-electron chi connectivity index (χ3n) is 3.69. The Kier molecular flexibility index (Phi) is 5.31. The first-order valence-corrected chi connectivity index (χ1v) is 7.51. The SMILES string of the molecule is Cc1ccc(C(=O)CCC(=O)OCC(=O)NC2CC2)cc1C. The number of carbonyl (C=O) groups is 3. The zero-order valence-electron chi connectivity index (χ0n) is 13.0. The quantitative estimate of drug-likeness (QED) is 0.618. The standard InChI is InChI=1S/C17H21NO4/c1-11-3-4-13(9-12(11)2)15(19)7-8-17(21)22-10-16(20)18-14-5-6-14/h3-4,9,14H,5-8,10H2,1-2H3,(H,18,20). The number of rotatable bonds is 7. The van der Waals surface area contributed by atoms with Gasteiger partial charge in [0.05, 0.1) is 6.42 Å². The van der Waals surface area contributed by atoms with Crippen molar-refractivity contribution < 1.29 is 19.1 Å². The highest BCUT2D eigenvalue weighted by Crippen LogP contribution is 2.18. The molecule has 1 aliphatic carbocycles. The van der Waals surface area contributed by atoms with Crippen LogP contribution in [0.25, 0.3) is 0 Å². The fourth-order valence-electron chi connectivity index (χ4n) is 1.99. The molecule has 2 rings (SSSR count).